The molecule has 2 amide bonds. The lowest BCUT2D eigenvalue weighted by Crippen LogP contribution is -2.60. The van der Waals surface area contributed by atoms with Crippen molar-refractivity contribution in [2.24, 2.45) is 17.8 Å². The highest BCUT2D eigenvalue weighted by Gasteiger charge is 2.79. The van der Waals surface area contributed by atoms with Gasteiger partial charge in [0.15, 0.2) is 0 Å². The summed E-state index contributed by atoms with van der Waals surface area (Å²) in [6.45, 7) is 17.2. The van der Waals surface area contributed by atoms with Gasteiger partial charge in [0.05, 0.1) is 37.4 Å². The normalized spacial score (nSPS) is 33.3. The molecule has 4 saturated heterocycles. The molecule has 1 N–H and O–H groups in total. The first-order chi connectivity index (χ1) is 18.1. The number of rotatable bonds is 12. The molecule has 2 unspecified atom stereocenters. The molecule has 212 valence electrons. The third kappa shape index (κ3) is 4.80. The van der Waals surface area contributed by atoms with Crippen LogP contribution in [0, 0.1) is 17.8 Å². The van der Waals surface area contributed by atoms with Crippen LogP contribution in [0.4, 0.5) is 0 Å². The molecule has 0 aromatic heterocycles. The molecule has 0 aliphatic carbocycles. The molecule has 6 atom stereocenters. The zero-order valence-electron chi connectivity index (χ0n) is 23.0. The fourth-order valence-corrected chi connectivity index (χ4v) is 6.92. The highest BCUT2D eigenvalue weighted by Crippen LogP contribution is 2.63. The van der Waals surface area contributed by atoms with E-state index >= 15 is 0 Å². The Hall–Kier alpha value is -2.27. The molecular weight excluding hydrogens is 490 g/mol. The van der Waals surface area contributed by atoms with Gasteiger partial charge in [-0.15, -0.1) is 6.58 Å². The Kier molecular flexibility index (Phi) is 8.66. The second-order valence-corrected chi connectivity index (χ2v) is 11.4. The number of ether oxygens (including phenoxy) is 3. The summed E-state index contributed by atoms with van der Waals surface area (Å²) in [6.07, 6.45) is 4.17. The first-order valence-corrected chi connectivity index (χ1v) is 13.8. The summed E-state index contributed by atoms with van der Waals surface area (Å²) in [4.78, 5) is 47.4. The minimum atomic E-state index is -1.17. The topological polar surface area (TPSA) is 109 Å². The van der Waals surface area contributed by atoms with Crippen LogP contribution in [-0.4, -0.2) is 120 Å². The number of amides is 2. The van der Waals surface area contributed by atoms with Crippen LogP contribution in [0.1, 0.15) is 33.6 Å². The molecule has 1 spiro atoms. The summed E-state index contributed by atoms with van der Waals surface area (Å²) < 4.78 is 17.5. The van der Waals surface area contributed by atoms with Crippen LogP contribution in [0.25, 0.3) is 0 Å². The van der Waals surface area contributed by atoms with E-state index in [-0.39, 0.29) is 30.9 Å². The number of esters is 1. The first kappa shape index (κ1) is 28.7. The van der Waals surface area contributed by atoms with Gasteiger partial charge in [0.2, 0.25) is 11.8 Å². The first-order valence-electron chi connectivity index (χ1n) is 13.8. The second-order valence-electron chi connectivity index (χ2n) is 11.4. The van der Waals surface area contributed by atoms with E-state index in [4.69, 9.17) is 14.2 Å². The Bertz CT molecular complexity index is 935. The summed E-state index contributed by atoms with van der Waals surface area (Å²) >= 11 is 0. The highest BCUT2D eigenvalue weighted by atomic mass is 16.6. The van der Waals surface area contributed by atoms with Gasteiger partial charge in [-0.05, 0) is 25.7 Å². The molecule has 0 aromatic rings. The van der Waals surface area contributed by atoms with Crippen molar-refractivity contribution in [3.63, 3.8) is 0 Å². The van der Waals surface area contributed by atoms with E-state index < -0.39 is 41.1 Å². The molecule has 10 nitrogen and oxygen atoms in total. The summed E-state index contributed by atoms with van der Waals surface area (Å²) in [7, 11) is 0. The molecule has 0 radical (unpaired) electrons. The predicted molar refractivity (Wildman–Crippen MR) is 140 cm³/mol. The van der Waals surface area contributed by atoms with Gasteiger partial charge in [0.1, 0.15) is 24.2 Å². The van der Waals surface area contributed by atoms with E-state index in [0.29, 0.717) is 45.7 Å². The number of hydrogen-bond donors (Lipinski definition) is 1. The molecule has 4 aliphatic rings. The molecule has 2 bridgehead atoms. The Morgan fingerprint density at radius 3 is 2.55 bits per heavy atom. The van der Waals surface area contributed by atoms with Crippen LogP contribution in [0.5, 0.6) is 0 Å². The summed E-state index contributed by atoms with van der Waals surface area (Å²) in [5.74, 6) is -2.89. The number of aliphatic hydroxyl groups excluding tert-OH is 1. The number of fused-ring (bicyclic) bond motifs is 1. The fourth-order valence-electron chi connectivity index (χ4n) is 6.92. The minimum absolute atomic E-state index is 0.0330. The number of nitrogens with zero attached hydrogens (tertiary/aromatic N) is 3. The van der Waals surface area contributed by atoms with E-state index in [0.717, 1.165) is 13.1 Å². The molecular formula is C28H43N3O7. The molecule has 4 aliphatic heterocycles. The molecule has 10 heteroatoms. The molecule has 0 aromatic carbocycles. The smallest absolute Gasteiger partial charge is 0.313 e. The van der Waals surface area contributed by atoms with Gasteiger partial charge >= 0.3 is 5.97 Å². The van der Waals surface area contributed by atoms with Crippen molar-refractivity contribution in [1.29, 1.82) is 0 Å². The molecule has 38 heavy (non-hydrogen) atoms. The lowest BCUT2D eigenvalue weighted by Gasteiger charge is -2.41. The number of hydrogen-bond acceptors (Lipinski definition) is 8. The average molecular weight is 534 g/mol. The number of likely N-dealkylation sites (tertiary alicyclic amines) is 1. The van der Waals surface area contributed by atoms with Crippen LogP contribution in [0.15, 0.2) is 25.3 Å². The quantitative estimate of drug-likeness (QED) is 0.291. The average Bonchev–Trinajstić information content (AvgIpc) is 3.46. The summed E-state index contributed by atoms with van der Waals surface area (Å²) in [5, 5.41) is 10.4. The van der Waals surface area contributed by atoms with Crippen molar-refractivity contribution in [3.8, 4) is 0 Å². The Morgan fingerprint density at radius 2 is 1.95 bits per heavy atom. The van der Waals surface area contributed by atoms with Gasteiger partial charge in [-0.1, -0.05) is 32.6 Å². The predicted octanol–water partition coefficient (Wildman–Crippen LogP) is 0.844. The van der Waals surface area contributed by atoms with Gasteiger partial charge in [0, 0.05) is 32.7 Å². The number of aliphatic hydroxyl groups is 1. The molecule has 4 heterocycles. The summed E-state index contributed by atoms with van der Waals surface area (Å²) in [6, 6.07) is -1.55. The van der Waals surface area contributed by atoms with Crippen LogP contribution in [0.3, 0.4) is 0 Å². The lowest BCUT2D eigenvalue weighted by atomic mass is 9.66. The molecule has 4 rings (SSSR count). The standard InChI is InChI=1S/C28H43N3O7/c1-6-10-30(12-11-29-13-16-36-17-14-29)25(34)23-28-9-8-27(5,38-28)22(26(35)37-15-7-2)21(28)24(33)31(23)20(18-32)19(3)4/h6-7,19-23,32H,1-2,8-18H2,3-5H3/t20-,21-,22+,23?,27-,28?/m0/s1. The highest BCUT2D eigenvalue weighted by molar-refractivity contribution is 5.98. The SMILES string of the molecule is C=CCOC(=O)[C@H]1[C@H]2C(=O)N([C@@H](CO)C(C)C)C(C(=O)N(CC=C)CCN3CCOCC3)C23CC[C@]1(C)O3. The molecule has 4 fully saturated rings. The fraction of sp³-hybridized carbons (Fsp3) is 0.750. The van der Waals surface area contributed by atoms with Crippen LogP contribution in [-0.2, 0) is 28.6 Å². The van der Waals surface area contributed by atoms with Crippen LogP contribution in [0.2, 0.25) is 0 Å². The minimum Gasteiger partial charge on any atom is -0.461 e. The monoisotopic (exact) mass is 533 g/mol. The third-order valence-electron chi connectivity index (χ3n) is 8.81. The maximum atomic E-state index is 14.4. The van der Waals surface area contributed by atoms with Crippen molar-refractivity contribution in [3.05, 3.63) is 25.3 Å². The van der Waals surface area contributed by atoms with Crippen molar-refractivity contribution in [1.82, 2.24) is 14.7 Å². The van der Waals surface area contributed by atoms with Gasteiger partial charge in [-0.25, -0.2) is 0 Å². The van der Waals surface area contributed by atoms with Gasteiger partial charge in [0.25, 0.3) is 0 Å². The van der Waals surface area contributed by atoms with Crippen molar-refractivity contribution in [2.75, 3.05) is 59.2 Å². The largest absolute Gasteiger partial charge is 0.461 e. The van der Waals surface area contributed by atoms with E-state index in [1.54, 1.807) is 11.0 Å². The van der Waals surface area contributed by atoms with Gasteiger partial charge in [-0.2, -0.15) is 0 Å². The Balaban J connectivity index is 1.71. The van der Waals surface area contributed by atoms with Crippen LogP contribution < -0.4 is 0 Å². The van der Waals surface area contributed by atoms with Gasteiger partial charge < -0.3 is 29.1 Å². The summed E-state index contributed by atoms with van der Waals surface area (Å²) in [5.41, 5.74) is -2.08. The maximum absolute atomic E-state index is 14.4. The van der Waals surface area contributed by atoms with E-state index in [1.165, 1.54) is 11.0 Å². The Morgan fingerprint density at radius 1 is 1.24 bits per heavy atom. The van der Waals surface area contributed by atoms with Crippen molar-refractivity contribution < 1.29 is 33.7 Å². The molecule has 0 saturated carbocycles. The maximum Gasteiger partial charge on any atom is 0.313 e. The van der Waals surface area contributed by atoms with Crippen LogP contribution >= 0.6 is 0 Å². The number of carbonyl (C=O) groups excluding carboxylic acids is 3. The van der Waals surface area contributed by atoms with Gasteiger partial charge in [-0.3, -0.25) is 19.3 Å². The number of morpholine rings is 1. The van der Waals surface area contributed by atoms with Crippen molar-refractivity contribution in [2.45, 2.75) is 56.9 Å². The van der Waals surface area contributed by atoms with Crippen molar-refractivity contribution >= 4 is 17.8 Å². The number of carbonyl (C=O) groups is 3. The second kappa shape index (κ2) is 11.5. The van der Waals surface area contributed by atoms with E-state index in [1.807, 2.05) is 20.8 Å². The zero-order valence-corrected chi connectivity index (χ0v) is 23.0. The van der Waals surface area contributed by atoms with E-state index in [2.05, 4.69) is 18.1 Å². The Labute approximate surface area is 225 Å². The van der Waals surface area contributed by atoms with E-state index in [9.17, 15) is 19.5 Å². The third-order valence-corrected chi connectivity index (χ3v) is 8.81. The lowest BCUT2D eigenvalue weighted by molar-refractivity contribution is -0.161. The zero-order chi connectivity index (χ0) is 27.7.